The molecule has 1 aromatic carbocycles. The lowest BCUT2D eigenvalue weighted by atomic mass is 9.62. The monoisotopic (exact) mass is 255 g/mol. The molecular formula is C13H15F2NO2. The van der Waals surface area contributed by atoms with Gasteiger partial charge in [0.2, 0.25) is 0 Å². The lowest BCUT2D eigenvalue weighted by Crippen LogP contribution is -2.48. The molecule has 2 rings (SSSR count). The maximum absolute atomic E-state index is 13.8. The van der Waals surface area contributed by atoms with Crippen LogP contribution in [0.4, 0.5) is 8.78 Å². The number of carboxylic acid groups (broad SMARTS) is 1. The van der Waals surface area contributed by atoms with Crippen molar-refractivity contribution in [3.05, 3.63) is 35.4 Å². The Kier molecular flexibility index (Phi) is 3.34. The molecule has 3 nitrogen and oxygen atoms in total. The van der Waals surface area contributed by atoms with E-state index >= 15 is 0 Å². The van der Waals surface area contributed by atoms with Gasteiger partial charge in [0.15, 0.2) is 0 Å². The van der Waals surface area contributed by atoms with Crippen molar-refractivity contribution in [3.63, 3.8) is 0 Å². The first-order valence-corrected chi connectivity index (χ1v) is 5.87. The lowest BCUT2D eigenvalue weighted by molar-refractivity contribution is -0.157. The first-order valence-electron chi connectivity index (χ1n) is 5.87. The first-order chi connectivity index (χ1) is 8.51. The third-order valence-electron chi connectivity index (χ3n) is 3.78. The van der Waals surface area contributed by atoms with Gasteiger partial charge in [-0.3, -0.25) is 4.79 Å². The van der Waals surface area contributed by atoms with Gasteiger partial charge in [0.1, 0.15) is 11.6 Å². The maximum Gasteiger partial charge on any atom is 0.311 e. The van der Waals surface area contributed by atoms with E-state index in [0.717, 1.165) is 24.6 Å². The van der Waals surface area contributed by atoms with Crippen LogP contribution in [0.15, 0.2) is 18.2 Å². The second kappa shape index (κ2) is 4.65. The molecule has 18 heavy (non-hydrogen) atoms. The summed E-state index contributed by atoms with van der Waals surface area (Å²) in [4.78, 5) is 11.4. The van der Waals surface area contributed by atoms with Crippen molar-refractivity contribution in [1.82, 2.24) is 5.32 Å². The molecule has 1 atom stereocenters. The van der Waals surface area contributed by atoms with Crippen molar-refractivity contribution in [1.29, 1.82) is 0 Å². The average molecular weight is 255 g/mol. The van der Waals surface area contributed by atoms with Crippen LogP contribution in [0.1, 0.15) is 30.9 Å². The van der Waals surface area contributed by atoms with Crippen LogP contribution in [0, 0.1) is 17.0 Å². The van der Waals surface area contributed by atoms with Crippen molar-refractivity contribution < 1.29 is 18.7 Å². The third kappa shape index (κ3) is 1.88. The summed E-state index contributed by atoms with van der Waals surface area (Å²) in [5, 5.41) is 12.2. The minimum atomic E-state index is -1.02. The summed E-state index contributed by atoms with van der Waals surface area (Å²) in [5.74, 6) is -2.11. The van der Waals surface area contributed by atoms with Gasteiger partial charge in [0.05, 0.1) is 11.5 Å². The molecule has 0 saturated heterocycles. The van der Waals surface area contributed by atoms with E-state index in [4.69, 9.17) is 0 Å². The highest BCUT2D eigenvalue weighted by molar-refractivity contribution is 5.77. The molecule has 0 bridgehead atoms. The van der Waals surface area contributed by atoms with Crippen LogP contribution >= 0.6 is 0 Å². The lowest BCUT2D eigenvalue weighted by Gasteiger charge is -2.44. The molecule has 0 aliphatic heterocycles. The fourth-order valence-electron chi connectivity index (χ4n) is 2.65. The van der Waals surface area contributed by atoms with Crippen molar-refractivity contribution in [2.45, 2.75) is 25.3 Å². The van der Waals surface area contributed by atoms with Crippen LogP contribution in [0.5, 0.6) is 0 Å². The molecule has 2 N–H and O–H groups in total. The Morgan fingerprint density at radius 1 is 1.44 bits per heavy atom. The summed E-state index contributed by atoms with van der Waals surface area (Å²) in [6.07, 6.45) is 1.75. The zero-order chi connectivity index (χ0) is 13.3. The van der Waals surface area contributed by atoms with Crippen molar-refractivity contribution in [3.8, 4) is 0 Å². The Morgan fingerprint density at radius 2 is 2.11 bits per heavy atom. The molecule has 1 aliphatic carbocycles. The molecule has 1 unspecified atom stereocenters. The smallest absolute Gasteiger partial charge is 0.311 e. The van der Waals surface area contributed by atoms with E-state index in [9.17, 15) is 18.7 Å². The second-order valence-corrected chi connectivity index (χ2v) is 4.70. The number of hydrogen-bond donors (Lipinski definition) is 2. The molecule has 0 radical (unpaired) electrons. The van der Waals surface area contributed by atoms with E-state index in [1.165, 1.54) is 0 Å². The number of carboxylic acids is 1. The topological polar surface area (TPSA) is 49.3 Å². The van der Waals surface area contributed by atoms with Crippen molar-refractivity contribution >= 4 is 5.97 Å². The Hall–Kier alpha value is -1.49. The predicted molar refractivity (Wildman–Crippen MR) is 62.1 cm³/mol. The summed E-state index contributed by atoms with van der Waals surface area (Å²) in [6, 6.07) is 2.42. The van der Waals surface area contributed by atoms with Gasteiger partial charge in [-0.15, -0.1) is 0 Å². The number of hydrogen-bond acceptors (Lipinski definition) is 2. The molecular weight excluding hydrogens is 240 g/mol. The van der Waals surface area contributed by atoms with Crippen molar-refractivity contribution in [2.24, 2.45) is 5.41 Å². The number of benzene rings is 1. The van der Waals surface area contributed by atoms with Gasteiger partial charge in [0.25, 0.3) is 0 Å². The second-order valence-electron chi connectivity index (χ2n) is 4.70. The van der Waals surface area contributed by atoms with Crippen LogP contribution < -0.4 is 5.32 Å². The van der Waals surface area contributed by atoms with E-state index in [1.54, 1.807) is 7.05 Å². The Labute approximate surface area is 104 Å². The fraction of sp³-hybridized carbons (Fsp3) is 0.462. The summed E-state index contributed by atoms with van der Waals surface area (Å²) in [6.45, 7) is 0. The summed E-state index contributed by atoms with van der Waals surface area (Å²) in [5.41, 5.74) is -0.941. The van der Waals surface area contributed by atoms with E-state index in [0.29, 0.717) is 12.8 Å². The van der Waals surface area contributed by atoms with Gasteiger partial charge in [-0.25, -0.2) is 8.78 Å². The van der Waals surface area contributed by atoms with Gasteiger partial charge >= 0.3 is 5.97 Å². The third-order valence-corrected chi connectivity index (χ3v) is 3.78. The normalized spacial score (nSPS) is 19.1. The molecule has 1 fully saturated rings. The Morgan fingerprint density at radius 3 is 2.56 bits per heavy atom. The molecule has 1 saturated carbocycles. The molecule has 1 aliphatic rings. The van der Waals surface area contributed by atoms with Crippen LogP contribution in [-0.2, 0) is 4.79 Å². The van der Waals surface area contributed by atoms with E-state index in [1.807, 2.05) is 0 Å². The van der Waals surface area contributed by atoms with Crippen LogP contribution in [-0.4, -0.2) is 18.1 Å². The minimum absolute atomic E-state index is 0.0830. The van der Waals surface area contributed by atoms with E-state index in [-0.39, 0.29) is 5.56 Å². The standard InChI is InChI=1S/C13H15F2NO2/c1-16-11(13(12(17)18)5-2-6-13)9-7-8(14)3-4-10(9)15/h3-4,7,11,16H,2,5-6H2,1H3,(H,17,18). The highest BCUT2D eigenvalue weighted by atomic mass is 19.1. The van der Waals surface area contributed by atoms with E-state index < -0.39 is 29.1 Å². The molecule has 1 aromatic rings. The summed E-state index contributed by atoms with van der Waals surface area (Å²) >= 11 is 0. The molecule has 0 spiro atoms. The zero-order valence-corrected chi connectivity index (χ0v) is 10.0. The molecule has 0 heterocycles. The summed E-state index contributed by atoms with van der Waals surface area (Å²) < 4.78 is 27.0. The predicted octanol–water partition coefficient (Wildman–Crippen LogP) is 2.48. The van der Waals surface area contributed by atoms with Gasteiger partial charge < -0.3 is 10.4 Å². The van der Waals surface area contributed by atoms with Gasteiger partial charge in [-0.2, -0.15) is 0 Å². The van der Waals surface area contributed by atoms with E-state index in [2.05, 4.69) is 5.32 Å². The fourth-order valence-corrected chi connectivity index (χ4v) is 2.65. The Bertz CT molecular complexity index is 472. The largest absolute Gasteiger partial charge is 0.481 e. The number of halogens is 2. The van der Waals surface area contributed by atoms with Crippen LogP contribution in [0.3, 0.4) is 0 Å². The van der Waals surface area contributed by atoms with Crippen LogP contribution in [0.2, 0.25) is 0 Å². The Balaban J connectivity index is 2.45. The number of carbonyl (C=O) groups is 1. The highest BCUT2D eigenvalue weighted by Crippen LogP contribution is 2.50. The summed E-state index contributed by atoms with van der Waals surface area (Å²) in [7, 11) is 1.57. The van der Waals surface area contributed by atoms with Crippen molar-refractivity contribution in [2.75, 3.05) is 7.05 Å². The first kappa shape index (κ1) is 13.0. The van der Waals surface area contributed by atoms with Gasteiger partial charge in [-0.1, -0.05) is 6.42 Å². The number of rotatable bonds is 4. The molecule has 0 aromatic heterocycles. The quantitative estimate of drug-likeness (QED) is 0.869. The molecule has 5 heteroatoms. The van der Waals surface area contributed by atoms with Crippen LogP contribution in [0.25, 0.3) is 0 Å². The maximum atomic E-state index is 13.8. The number of aliphatic carboxylic acids is 1. The minimum Gasteiger partial charge on any atom is -0.481 e. The average Bonchev–Trinajstić information content (AvgIpc) is 2.26. The highest BCUT2D eigenvalue weighted by Gasteiger charge is 2.51. The number of nitrogens with one attached hydrogen (secondary N) is 1. The zero-order valence-electron chi connectivity index (χ0n) is 10.0. The SMILES string of the molecule is CNC(c1cc(F)ccc1F)C1(C(=O)O)CCC1. The molecule has 98 valence electrons. The van der Waals surface area contributed by atoms with Gasteiger partial charge in [-0.05, 0) is 38.1 Å². The van der Waals surface area contributed by atoms with Gasteiger partial charge in [0, 0.05) is 5.56 Å². The molecule has 0 amide bonds.